The molecule has 0 aliphatic heterocycles. The number of amides is 1. The fraction of sp³-hybridized carbons (Fsp3) is 0.294. The van der Waals surface area contributed by atoms with E-state index in [-0.39, 0.29) is 5.91 Å². The topological polar surface area (TPSA) is 51.7 Å². The van der Waals surface area contributed by atoms with E-state index in [9.17, 15) is 4.79 Å². The number of hydrogen-bond acceptors (Lipinski definition) is 4. The Labute approximate surface area is 130 Å². The van der Waals surface area contributed by atoms with Gasteiger partial charge in [0.05, 0.1) is 32.9 Å². The molecule has 1 heterocycles. The lowest BCUT2D eigenvalue weighted by atomic mass is 10.1. The highest BCUT2D eigenvalue weighted by Crippen LogP contribution is 2.27. The summed E-state index contributed by atoms with van der Waals surface area (Å²) in [6.45, 7) is 0.493. The van der Waals surface area contributed by atoms with Crippen molar-refractivity contribution in [2.75, 3.05) is 21.3 Å². The molecular formula is C17H20N2O3. The van der Waals surface area contributed by atoms with Gasteiger partial charge in [0.15, 0.2) is 11.5 Å². The van der Waals surface area contributed by atoms with Gasteiger partial charge in [0.1, 0.15) is 0 Å². The Morgan fingerprint density at radius 2 is 1.91 bits per heavy atom. The highest BCUT2D eigenvalue weighted by atomic mass is 16.5. The number of pyridine rings is 1. The summed E-state index contributed by atoms with van der Waals surface area (Å²) in [5, 5.41) is 0. The molecule has 2 rings (SSSR count). The van der Waals surface area contributed by atoms with Crippen LogP contribution in [0.25, 0.3) is 0 Å². The Kier molecular flexibility index (Phi) is 5.36. The summed E-state index contributed by atoms with van der Waals surface area (Å²) in [5.41, 5.74) is 1.75. The molecule has 0 aliphatic rings. The summed E-state index contributed by atoms with van der Waals surface area (Å²) in [5.74, 6) is 1.30. The van der Waals surface area contributed by atoms with Crippen LogP contribution in [0, 0.1) is 0 Å². The lowest BCUT2D eigenvalue weighted by Crippen LogP contribution is -2.28. The van der Waals surface area contributed by atoms with Gasteiger partial charge in [-0.3, -0.25) is 9.78 Å². The van der Waals surface area contributed by atoms with Crippen molar-refractivity contribution in [1.29, 1.82) is 0 Å². The van der Waals surface area contributed by atoms with E-state index >= 15 is 0 Å². The lowest BCUT2D eigenvalue weighted by Gasteiger charge is -2.17. The number of hydrogen-bond donors (Lipinski definition) is 0. The van der Waals surface area contributed by atoms with Crippen molar-refractivity contribution < 1.29 is 14.3 Å². The highest BCUT2D eigenvalue weighted by Gasteiger charge is 2.12. The summed E-state index contributed by atoms with van der Waals surface area (Å²) in [6.07, 6.45) is 2.03. The monoisotopic (exact) mass is 300 g/mol. The first kappa shape index (κ1) is 15.8. The number of aromatic nitrogens is 1. The number of carbonyl (C=O) groups is 1. The average molecular weight is 300 g/mol. The third-order valence-electron chi connectivity index (χ3n) is 3.35. The zero-order valence-corrected chi connectivity index (χ0v) is 13.1. The zero-order valence-electron chi connectivity index (χ0n) is 13.1. The number of benzene rings is 1. The van der Waals surface area contributed by atoms with Gasteiger partial charge in [0.2, 0.25) is 5.91 Å². The molecule has 0 bridgehead atoms. The van der Waals surface area contributed by atoms with Crippen LogP contribution in [0.1, 0.15) is 11.3 Å². The zero-order chi connectivity index (χ0) is 15.9. The number of methoxy groups -OCH3 is 2. The molecule has 0 N–H and O–H groups in total. The highest BCUT2D eigenvalue weighted by molar-refractivity contribution is 5.78. The van der Waals surface area contributed by atoms with Crippen LogP contribution in [-0.4, -0.2) is 37.1 Å². The molecule has 0 aliphatic carbocycles. The number of nitrogens with zero attached hydrogens (tertiary/aromatic N) is 2. The third-order valence-corrected chi connectivity index (χ3v) is 3.35. The normalized spacial score (nSPS) is 10.1. The maximum absolute atomic E-state index is 12.3. The summed E-state index contributed by atoms with van der Waals surface area (Å²) >= 11 is 0. The molecule has 1 aromatic heterocycles. The molecule has 0 fully saturated rings. The summed E-state index contributed by atoms with van der Waals surface area (Å²) in [4.78, 5) is 18.2. The largest absolute Gasteiger partial charge is 0.493 e. The van der Waals surface area contributed by atoms with E-state index in [1.165, 1.54) is 0 Å². The lowest BCUT2D eigenvalue weighted by molar-refractivity contribution is -0.129. The quantitative estimate of drug-likeness (QED) is 0.821. The van der Waals surface area contributed by atoms with Crippen molar-refractivity contribution in [2.45, 2.75) is 13.0 Å². The smallest absolute Gasteiger partial charge is 0.227 e. The van der Waals surface area contributed by atoms with Gasteiger partial charge in [-0.2, -0.15) is 0 Å². The molecule has 0 unspecified atom stereocenters. The van der Waals surface area contributed by atoms with Crippen LogP contribution in [-0.2, 0) is 17.8 Å². The molecule has 1 aromatic carbocycles. The van der Waals surface area contributed by atoms with E-state index in [4.69, 9.17) is 9.47 Å². The van der Waals surface area contributed by atoms with Gasteiger partial charge in [0, 0.05) is 13.2 Å². The number of ether oxygens (including phenoxy) is 2. The van der Waals surface area contributed by atoms with Crippen molar-refractivity contribution in [3.8, 4) is 11.5 Å². The van der Waals surface area contributed by atoms with Crippen LogP contribution in [0.4, 0.5) is 0 Å². The molecule has 2 aromatic rings. The van der Waals surface area contributed by atoms with Gasteiger partial charge in [-0.25, -0.2) is 0 Å². The second-order valence-corrected chi connectivity index (χ2v) is 4.94. The predicted octanol–water partition coefficient (Wildman–Crippen LogP) is 2.30. The van der Waals surface area contributed by atoms with Crippen LogP contribution >= 0.6 is 0 Å². The number of likely N-dealkylation sites (N-methyl/N-ethyl adjacent to an activating group) is 1. The molecular weight excluding hydrogens is 280 g/mol. The first-order valence-corrected chi connectivity index (χ1v) is 6.99. The Morgan fingerprint density at radius 3 is 2.55 bits per heavy atom. The predicted molar refractivity (Wildman–Crippen MR) is 84.0 cm³/mol. The first-order chi connectivity index (χ1) is 10.6. The molecule has 116 valence electrons. The number of rotatable bonds is 6. The van der Waals surface area contributed by atoms with Gasteiger partial charge >= 0.3 is 0 Å². The van der Waals surface area contributed by atoms with Gasteiger partial charge in [-0.15, -0.1) is 0 Å². The Morgan fingerprint density at radius 1 is 1.14 bits per heavy atom. The van der Waals surface area contributed by atoms with Crippen molar-refractivity contribution in [3.05, 3.63) is 53.9 Å². The van der Waals surface area contributed by atoms with Crippen LogP contribution < -0.4 is 9.47 Å². The second-order valence-electron chi connectivity index (χ2n) is 4.94. The molecule has 22 heavy (non-hydrogen) atoms. The molecule has 0 atom stereocenters. The maximum atomic E-state index is 12.3. The van der Waals surface area contributed by atoms with E-state index in [1.807, 2.05) is 30.3 Å². The Hall–Kier alpha value is -2.56. The molecule has 0 radical (unpaired) electrons. The van der Waals surface area contributed by atoms with Crippen molar-refractivity contribution >= 4 is 5.91 Å². The van der Waals surface area contributed by atoms with Gasteiger partial charge in [0.25, 0.3) is 0 Å². The average Bonchev–Trinajstić information content (AvgIpc) is 2.55. The minimum atomic E-state index is 0.0258. The molecule has 0 saturated carbocycles. The van der Waals surface area contributed by atoms with Crippen molar-refractivity contribution in [2.24, 2.45) is 0 Å². The molecule has 0 spiro atoms. The Balaban J connectivity index is 2.02. The molecule has 0 saturated heterocycles. The summed E-state index contributed by atoms with van der Waals surface area (Å²) in [6, 6.07) is 11.2. The molecule has 5 nitrogen and oxygen atoms in total. The fourth-order valence-electron chi connectivity index (χ4n) is 2.12. The van der Waals surface area contributed by atoms with E-state index in [0.717, 1.165) is 11.3 Å². The van der Waals surface area contributed by atoms with Crippen LogP contribution in [0.2, 0.25) is 0 Å². The van der Waals surface area contributed by atoms with Crippen LogP contribution in [0.3, 0.4) is 0 Å². The van der Waals surface area contributed by atoms with Gasteiger partial charge < -0.3 is 14.4 Å². The van der Waals surface area contributed by atoms with Gasteiger partial charge in [-0.1, -0.05) is 12.1 Å². The van der Waals surface area contributed by atoms with Crippen molar-refractivity contribution in [1.82, 2.24) is 9.88 Å². The second kappa shape index (κ2) is 7.45. The minimum absolute atomic E-state index is 0.0258. The van der Waals surface area contributed by atoms with Crippen LogP contribution in [0.15, 0.2) is 42.6 Å². The van der Waals surface area contributed by atoms with Crippen molar-refractivity contribution in [3.63, 3.8) is 0 Å². The third kappa shape index (κ3) is 3.97. The number of carbonyl (C=O) groups excluding carboxylic acids is 1. The summed E-state index contributed by atoms with van der Waals surface area (Å²) < 4.78 is 10.4. The Bertz CT molecular complexity index is 629. The fourth-order valence-corrected chi connectivity index (χ4v) is 2.12. The minimum Gasteiger partial charge on any atom is -0.493 e. The van der Waals surface area contributed by atoms with E-state index in [1.54, 1.807) is 38.4 Å². The molecule has 1 amide bonds. The van der Waals surface area contributed by atoms with Crippen LogP contribution in [0.5, 0.6) is 11.5 Å². The van der Waals surface area contributed by atoms with Gasteiger partial charge in [-0.05, 0) is 29.8 Å². The van der Waals surface area contributed by atoms with E-state index in [2.05, 4.69) is 4.98 Å². The van der Waals surface area contributed by atoms with E-state index < -0.39 is 0 Å². The maximum Gasteiger partial charge on any atom is 0.227 e. The SMILES string of the molecule is COc1ccc(CC(=O)N(C)Cc2ccccn2)cc1OC. The van der Waals surface area contributed by atoms with E-state index in [0.29, 0.717) is 24.5 Å². The standard InChI is InChI=1S/C17H20N2O3/c1-19(12-14-6-4-5-9-18-14)17(20)11-13-7-8-15(21-2)16(10-13)22-3/h4-10H,11-12H2,1-3H3. The first-order valence-electron chi connectivity index (χ1n) is 6.99. The summed E-state index contributed by atoms with van der Waals surface area (Å²) in [7, 11) is 4.94. The molecule has 5 heteroatoms.